The van der Waals surface area contributed by atoms with Crippen LogP contribution in [0.4, 0.5) is 4.79 Å². The van der Waals surface area contributed by atoms with E-state index in [9.17, 15) is 15.1 Å². The van der Waals surface area contributed by atoms with E-state index in [1.165, 1.54) is 0 Å². The Kier molecular flexibility index (Phi) is 5.35. The summed E-state index contributed by atoms with van der Waals surface area (Å²) in [5.74, 6) is 0.190. The molecule has 2 atom stereocenters. The molecule has 4 N–H and O–H groups in total. The predicted octanol–water partition coefficient (Wildman–Crippen LogP) is -0.471. The van der Waals surface area contributed by atoms with Crippen molar-refractivity contribution in [2.45, 2.75) is 50.9 Å². The predicted molar refractivity (Wildman–Crippen MR) is 72.3 cm³/mol. The molecule has 0 saturated carbocycles. The van der Waals surface area contributed by atoms with E-state index in [1.54, 1.807) is 33.8 Å². The summed E-state index contributed by atoms with van der Waals surface area (Å²) in [5, 5.41) is 42.4. The average Bonchev–Trinajstić information content (AvgIpc) is 2.55. The number of hydrogen-bond donors (Lipinski definition) is 4. The quantitative estimate of drug-likeness (QED) is 0.544. The van der Waals surface area contributed by atoms with Gasteiger partial charge in [-0.1, -0.05) is 0 Å². The number of aliphatic hydroxyl groups excluding tert-OH is 3. The monoisotopic (exact) mass is 303 g/mol. The Morgan fingerprint density at radius 1 is 1.33 bits per heavy atom. The molecule has 0 fully saturated rings. The third kappa shape index (κ3) is 3.72. The number of carbonyl (C=O) groups excluding carboxylic acids is 1. The van der Waals surface area contributed by atoms with Crippen molar-refractivity contribution in [1.82, 2.24) is 10.4 Å². The maximum atomic E-state index is 12.1. The first-order chi connectivity index (χ1) is 9.56. The van der Waals surface area contributed by atoms with Gasteiger partial charge in [0.2, 0.25) is 0 Å². The fraction of sp³-hybridized carbons (Fsp3) is 0.769. The van der Waals surface area contributed by atoms with Crippen molar-refractivity contribution in [2.24, 2.45) is 0 Å². The Morgan fingerprint density at radius 2 is 1.90 bits per heavy atom. The van der Waals surface area contributed by atoms with Gasteiger partial charge in [0.15, 0.2) is 0 Å². The Labute approximate surface area is 123 Å². The molecule has 0 aromatic rings. The zero-order chi connectivity index (χ0) is 16.4. The van der Waals surface area contributed by atoms with Crippen LogP contribution in [-0.2, 0) is 9.94 Å². The third-order valence-electron chi connectivity index (χ3n) is 3.47. The summed E-state index contributed by atoms with van der Waals surface area (Å²) in [6.45, 7) is 5.48. The number of ether oxygens (including phenoxy) is 1. The molecule has 1 amide bonds. The summed E-state index contributed by atoms with van der Waals surface area (Å²) in [6.07, 6.45) is -0.664. The van der Waals surface area contributed by atoms with Crippen LogP contribution in [0.15, 0.2) is 11.8 Å². The minimum atomic E-state index is -1.31. The average molecular weight is 303 g/mol. The number of nitrogens with zero attached hydrogens (tertiary/aromatic N) is 1. The lowest BCUT2D eigenvalue weighted by Gasteiger charge is -2.33. The van der Waals surface area contributed by atoms with Crippen LogP contribution in [-0.4, -0.2) is 62.9 Å². The van der Waals surface area contributed by atoms with Crippen molar-refractivity contribution in [2.75, 3.05) is 13.2 Å². The number of carbonyl (C=O) groups is 1. The summed E-state index contributed by atoms with van der Waals surface area (Å²) in [6, 6.07) is -1.05. The minimum Gasteiger partial charge on any atom is -0.413 e. The molecule has 0 bridgehead atoms. The van der Waals surface area contributed by atoms with Crippen LogP contribution in [0, 0.1) is 0 Å². The Morgan fingerprint density at radius 3 is 2.29 bits per heavy atom. The van der Waals surface area contributed by atoms with E-state index >= 15 is 0 Å². The summed E-state index contributed by atoms with van der Waals surface area (Å²) in [5.41, 5.74) is -1.81. The maximum Gasteiger partial charge on any atom is 0.412 e. The second kappa shape index (κ2) is 6.29. The fourth-order valence-electron chi connectivity index (χ4n) is 2.20. The van der Waals surface area contributed by atoms with Crippen LogP contribution in [0.2, 0.25) is 0 Å². The van der Waals surface area contributed by atoms with Crippen molar-refractivity contribution in [3.63, 3.8) is 0 Å². The van der Waals surface area contributed by atoms with E-state index in [2.05, 4.69) is 5.32 Å². The van der Waals surface area contributed by atoms with Gasteiger partial charge in [-0.05, 0) is 33.8 Å². The second-order valence-electron chi connectivity index (χ2n) is 6.09. The van der Waals surface area contributed by atoms with Gasteiger partial charge in [0.25, 0.3) is 0 Å². The molecule has 0 aromatic heterocycles. The van der Waals surface area contributed by atoms with Crippen LogP contribution in [0.25, 0.3) is 0 Å². The van der Waals surface area contributed by atoms with E-state index in [1.807, 2.05) is 0 Å². The molecule has 8 nitrogen and oxygen atoms in total. The lowest BCUT2D eigenvalue weighted by Crippen LogP contribution is -2.49. The molecule has 8 heteroatoms. The van der Waals surface area contributed by atoms with Crippen molar-refractivity contribution in [1.29, 1.82) is 0 Å². The van der Waals surface area contributed by atoms with E-state index in [4.69, 9.17) is 14.9 Å². The number of nitrogens with one attached hydrogen (secondary N) is 1. The van der Waals surface area contributed by atoms with Gasteiger partial charge in [0.05, 0.1) is 30.9 Å². The number of amides is 1. The first-order valence-corrected chi connectivity index (χ1v) is 6.65. The van der Waals surface area contributed by atoms with Gasteiger partial charge in [0.1, 0.15) is 11.3 Å². The number of hydrogen-bond acceptors (Lipinski definition) is 6. The summed E-state index contributed by atoms with van der Waals surface area (Å²) in [7, 11) is 0. The highest BCUT2D eigenvalue weighted by Gasteiger charge is 2.48. The van der Waals surface area contributed by atoms with Gasteiger partial charge in [-0.2, -0.15) is 0 Å². The first-order valence-electron chi connectivity index (χ1n) is 6.65. The highest BCUT2D eigenvalue weighted by Crippen LogP contribution is 2.39. The Hall–Kier alpha value is -1.19. The molecule has 0 aromatic carbocycles. The van der Waals surface area contributed by atoms with E-state index in [0.717, 1.165) is 5.06 Å². The van der Waals surface area contributed by atoms with Gasteiger partial charge in [-0.15, -0.1) is 10.3 Å². The van der Waals surface area contributed by atoms with E-state index in [0.29, 0.717) is 0 Å². The van der Waals surface area contributed by atoms with Crippen molar-refractivity contribution >= 4 is 6.09 Å². The molecule has 1 aliphatic heterocycles. The number of hydroxylamine groups is 2. The van der Waals surface area contributed by atoms with Crippen molar-refractivity contribution in [3.8, 4) is 0 Å². The molecular formula is C13H23N2O6. The third-order valence-corrected chi connectivity index (χ3v) is 3.47. The molecule has 0 aliphatic carbocycles. The topological polar surface area (TPSA) is 122 Å². The van der Waals surface area contributed by atoms with Crippen LogP contribution in [0.3, 0.4) is 0 Å². The van der Waals surface area contributed by atoms with Gasteiger partial charge >= 0.3 is 6.09 Å². The minimum absolute atomic E-state index is 0.190. The van der Waals surface area contributed by atoms with Crippen LogP contribution < -0.4 is 5.32 Å². The SMILES string of the molecule is CC1(C)C=C(OC(=O)NC(CO)C(O)CO)C(C)(C)N1[O]. The molecular weight excluding hydrogens is 280 g/mol. The molecule has 121 valence electrons. The standard InChI is InChI=1S/C13H23N2O6/c1-12(2)5-10(13(3,4)15(12)20)21-11(19)14-8(6-16)9(18)7-17/h5,8-9,16-18H,6-7H2,1-4H3,(H,14,19). The molecule has 1 heterocycles. The lowest BCUT2D eigenvalue weighted by molar-refractivity contribution is -0.242. The van der Waals surface area contributed by atoms with Gasteiger partial charge < -0.3 is 25.4 Å². The lowest BCUT2D eigenvalue weighted by atomic mass is 10.1. The Balaban J connectivity index is 2.75. The number of aliphatic hydroxyl groups is 3. The largest absolute Gasteiger partial charge is 0.413 e. The van der Waals surface area contributed by atoms with Crippen molar-refractivity contribution < 1.29 is 30.1 Å². The molecule has 1 aliphatic rings. The zero-order valence-corrected chi connectivity index (χ0v) is 12.7. The normalized spacial score (nSPS) is 23.3. The van der Waals surface area contributed by atoms with Crippen LogP contribution >= 0.6 is 0 Å². The highest BCUT2D eigenvalue weighted by molar-refractivity contribution is 5.69. The maximum absolute atomic E-state index is 12.1. The summed E-state index contributed by atoms with van der Waals surface area (Å²) < 4.78 is 5.13. The van der Waals surface area contributed by atoms with Crippen LogP contribution in [0.5, 0.6) is 0 Å². The van der Waals surface area contributed by atoms with Gasteiger partial charge in [-0.3, -0.25) is 0 Å². The number of rotatable bonds is 5. The van der Waals surface area contributed by atoms with E-state index in [-0.39, 0.29) is 5.76 Å². The molecule has 1 radical (unpaired) electrons. The zero-order valence-electron chi connectivity index (χ0n) is 12.7. The van der Waals surface area contributed by atoms with Gasteiger partial charge in [0, 0.05) is 0 Å². The molecule has 2 unspecified atom stereocenters. The smallest absolute Gasteiger partial charge is 0.412 e. The molecule has 21 heavy (non-hydrogen) atoms. The fourth-order valence-corrected chi connectivity index (χ4v) is 2.20. The molecule has 1 rings (SSSR count). The summed E-state index contributed by atoms with van der Waals surface area (Å²) >= 11 is 0. The highest BCUT2D eigenvalue weighted by atomic mass is 16.6. The summed E-state index contributed by atoms with van der Waals surface area (Å²) in [4.78, 5) is 11.8. The molecule has 0 saturated heterocycles. The molecule has 0 spiro atoms. The second-order valence-corrected chi connectivity index (χ2v) is 6.09. The Bertz CT molecular complexity index is 421. The van der Waals surface area contributed by atoms with Crippen molar-refractivity contribution in [3.05, 3.63) is 11.8 Å². The first kappa shape index (κ1) is 17.9. The van der Waals surface area contributed by atoms with Crippen LogP contribution in [0.1, 0.15) is 27.7 Å². The van der Waals surface area contributed by atoms with E-state index < -0.39 is 42.5 Å². The van der Waals surface area contributed by atoms with Gasteiger partial charge in [-0.25, -0.2) is 4.79 Å². The number of alkyl carbamates (subject to hydrolysis) is 1.